The number of fused-ring (bicyclic) bond motifs is 1. The molecule has 2 nitrogen and oxygen atoms in total. The minimum Gasteiger partial charge on any atom is -0.237 e. The van der Waals surface area contributed by atoms with Gasteiger partial charge in [0, 0.05) is 17.8 Å². The van der Waals surface area contributed by atoms with Gasteiger partial charge in [-0.2, -0.15) is 0 Å². The lowest BCUT2D eigenvalue weighted by atomic mass is 10.0. The molecule has 1 aliphatic carbocycles. The molecule has 0 atom stereocenters. The smallest absolute Gasteiger partial charge is 0.159 e. The minimum atomic E-state index is 0.810. The Hall–Kier alpha value is -1.44. The number of hydrogen-bond donors (Lipinski definition) is 0. The molecule has 2 aromatic heterocycles. The first-order chi connectivity index (χ1) is 7.97. The van der Waals surface area contributed by atoms with Crippen molar-refractivity contribution in [2.45, 2.75) is 38.5 Å². The summed E-state index contributed by atoms with van der Waals surface area (Å²) < 4.78 is 0. The first kappa shape index (κ1) is 11.1. The van der Waals surface area contributed by atoms with Crippen LogP contribution in [0.1, 0.15) is 38.5 Å². The summed E-state index contributed by atoms with van der Waals surface area (Å²) in [5.41, 5.74) is 0.810. The van der Waals surface area contributed by atoms with Crippen LogP contribution in [0.3, 0.4) is 0 Å². The van der Waals surface area contributed by atoms with Crippen LogP contribution in [0.25, 0.3) is 11.0 Å². The first-order valence-electron chi connectivity index (χ1n) is 6.12. The first-order valence-corrected chi connectivity index (χ1v) is 6.12. The Morgan fingerprint density at radius 1 is 0.688 bits per heavy atom. The number of pyridine rings is 2. The average Bonchev–Trinajstić information content (AvgIpc) is 2.42. The lowest BCUT2D eigenvalue weighted by Crippen LogP contribution is -1.85. The summed E-state index contributed by atoms with van der Waals surface area (Å²) in [5.74, 6) is 0. The van der Waals surface area contributed by atoms with Gasteiger partial charge in [-0.25, -0.2) is 9.97 Å². The third-order valence-electron chi connectivity index (χ3n) is 2.88. The molecule has 0 unspecified atom stereocenters. The van der Waals surface area contributed by atoms with Crippen molar-refractivity contribution in [2.75, 3.05) is 0 Å². The highest BCUT2D eigenvalue weighted by Gasteiger charge is 1.95. The molecule has 84 valence electrons. The van der Waals surface area contributed by atoms with Gasteiger partial charge in [-0.1, -0.05) is 38.5 Å². The molecule has 0 spiro atoms. The molecule has 2 heteroatoms. The van der Waals surface area contributed by atoms with Crippen LogP contribution in [-0.2, 0) is 0 Å². The molecule has 0 N–H and O–H groups in total. The van der Waals surface area contributed by atoms with Gasteiger partial charge in [-0.15, -0.1) is 0 Å². The van der Waals surface area contributed by atoms with Crippen molar-refractivity contribution < 1.29 is 0 Å². The van der Waals surface area contributed by atoms with Crippen molar-refractivity contribution in [1.29, 1.82) is 0 Å². The van der Waals surface area contributed by atoms with Crippen LogP contribution >= 0.6 is 0 Å². The monoisotopic (exact) mass is 214 g/mol. The maximum absolute atomic E-state index is 4.07. The van der Waals surface area contributed by atoms with E-state index in [2.05, 4.69) is 9.97 Å². The molecule has 0 amide bonds. The van der Waals surface area contributed by atoms with E-state index in [0.29, 0.717) is 0 Å². The van der Waals surface area contributed by atoms with E-state index in [1.807, 2.05) is 24.3 Å². The second kappa shape index (κ2) is 6.21. The zero-order chi connectivity index (χ0) is 11.1. The molecule has 3 rings (SSSR count). The van der Waals surface area contributed by atoms with Crippen molar-refractivity contribution in [2.24, 2.45) is 0 Å². The summed E-state index contributed by atoms with van der Waals surface area (Å²) in [6.45, 7) is 0. The van der Waals surface area contributed by atoms with Crippen molar-refractivity contribution in [3.8, 4) is 0 Å². The number of aromatic nitrogens is 2. The van der Waals surface area contributed by atoms with Crippen molar-refractivity contribution in [1.82, 2.24) is 9.97 Å². The van der Waals surface area contributed by atoms with Gasteiger partial charge in [0.1, 0.15) is 0 Å². The van der Waals surface area contributed by atoms with E-state index in [1.54, 1.807) is 12.4 Å². The van der Waals surface area contributed by atoms with Crippen molar-refractivity contribution >= 4 is 11.0 Å². The Balaban J connectivity index is 0.000000138. The van der Waals surface area contributed by atoms with Crippen LogP contribution in [0.2, 0.25) is 0 Å². The lowest BCUT2D eigenvalue weighted by Gasteiger charge is -2.05. The third-order valence-corrected chi connectivity index (χ3v) is 2.88. The van der Waals surface area contributed by atoms with Crippen LogP contribution in [0.5, 0.6) is 0 Å². The van der Waals surface area contributed by atoms with Gasteiger partial charge in [0.25, 0.3) is 0 Å². The van der Waals surface area contributed by atoms with Crippen LogP contribution in [-0.4, -0.2) is 9.97 Å². The van der Waals surface area contributed by atoms with Gasteiger partial charge >= 0.3 is 0 Å². The van der Waals surface area contributed by atoms with Gasteiger partial charge in [0.15, 0.2) is 5.65 Å². The highest BCUT2D eigenvalue weighted by atomic mass is 14.8. The van der Waals surface area contributed by atoms with Gasteiger partial charge in [-0.05, 0) is 24.3 Å². The summed E-state index contributed by atoms with van der Waals surface area (Å²) in [7, 11) is 0. The van der Waals surface area contributed by atoms with Gasteiger partial charge in [-0.3, -0.25) is 0 Å². The molecule has 0 aliphatic heterocycles. The fourth-order valence-electron chi connectivity index (χ4n) is 1.97. The Morgan fingerprint density at radius 3 is 1.50 bits per heavy atom. The van der Waals surface area contributed by atoms with E-state index < -0.39 is 0 Å². The molecular formula is C14H18N2. The molecule has 2 heterocycles. The topological polar surface area (TPSA) is 25.8 Å². The van der Waals surface area contributed by atoms with Gasteiger partial charge < -0.3 is 0 Å². The normalized spacial score (nSPS) is 15.2. The molecule has 1 aliphatic rings. The Labute approximate surface area is 96.7 Å². The zero-order valence-electron chi connectivity index (χ0n) is 9.60. The quantitative estimate of drug-likeness (QED) is 0.663. The second-order valence-corrected chi connectivity index (χ2v) is 4.17. The highest BCUT2D eigenvalue weighted by Crippen LogP contribution is 2.15. The van der Waals surface area contributed by atoms with E-state index in [4.69, 9.17) is 0 Å². The summed E-state index contributed by atoms with van der Waals surface area (Å²) in [6, 6.07) is 7.80. The lowest BCUT2D eigenvalue weighted by molar-refractivity contribution is 0.504. The SMILES string of the molecule is C1CCCCC1.c1cnc2ncccc2c1. The van der Waals surface area contributed by atoms with Crippen LogP contribution < -0.4 is 0 Å². The standard InChI is InChI=1S/C8H6N2.C6H12/c1-3-7-4-2-6-10-8(7)9-5-1;1-2-4-6-5-3-1/h1-6H;1-6H2. The zero-order valence-corrected chi connectivity index (χ0v) is 9.60. The largest absolute Gasteiger partial charge is 0.237 e. The molecule has 16 heavy (non-hydrogen) atoms. The predicted octanol–water partition coefficient (Wildman–Crippen LogP) is 3.97. The maximum Gasteiger partial charge on any atom is 0.159 e. The van der Waals surface area contributed by atoms with Crippen molar-refractivity contribution in [3.63, 3.8) is 0 Å². The molecule has 0 radical (unpaired) electrons. The third kappa shape index (κ3) is 3.30. The fraction of sp³-hybridized carbons (Fsp3) is 0.429. The average molecular weight is 214 g/mol. The molecule has 1 fully saturated rings. The highest BCUT2D eigenvalue weighted by molar-refractivity contribution is 5.73. The maximum atomic E-state index is 4.07. The molecule has 0 saturated heterocycles. The van der Waals surface area contributed by atoms with Crippen LogP contribution in [0, 0.1) is 0 Å². The summed E-state index contributed by atoms with van der Waals surface area (Å²) in [5, 5.41) is 1.09. The summed E-state index contributed by atoms with van der Waals surface area (Å²) >= 11 is 0. The van der Waals surface area contributed by atoms with E-state index in [0.717, 1.165) is 11.0 Å². The van der Waals surface area contributed by atoms with E-state index >= 15 is 0 Å². The fourth-order valence-corrected chi connectivity index (χ4v) is 1.97. The van der Waals surface area contributed by atoms with Crippen LogP contribution in [0.15, 0.2) is 36.7 Å². The van der Waals surface area contributed by atoms with E-state index in [9.17, 15) is 0 Å². The van der Waals surface area contributed by atoms with Crippen molar-refractivity contribution in [3.05, 3.63) is 36.7 Å². The number of rotatable bonds is 0. The molecule has 0 aromatic carbocycles. The summed E-state index contributed by atoms with van der Waals surface area (Å²) in [4.78, 5) is 8.14. The van der Waals surface area contributed by atoms with E-state index in [1.165, 1.54) is 38.5 Å². The molecular weight excluding hydrogens is 196 g/mol. The molecule has 0 bridgehead atoms. The predicted molar refractivity (Wildman–Crippen MR) is 67.2 cm³/mol. The second-order valence-electron chi connectivity index (χ2n) is 4.17. The van der Waals surface area contributed by atoms with Gasteiger partial charge in [0.2, 0.25) is 0 Å². The minimum absolute atomic E-state index is 0.810. The Bertz CT molecular complexity index is 345. The van der Waals surface area contributed by atoms with Crippen LogP contribution in [0.4, 0.5) is 0 Å². The Morgan fingerprint density at radius 2 is 1.12 bits per heavy atom. The number of nitrogens with zero attached hydrogens (tertiary/aromatic N) is 2. The summed E-state index contributed by atoms with van der Waals surface area (Å²) in [6.07, 6.45) is 12.5. The van der Waals surface area contributed by atoms with E-state index in [-0.39, 0.29) is 0 Å². The number of hydrogen-bond acceptors (Lipinski definition) is 2. The Kier molecular flexibility index (Phi) is 4.29. The molecule has 2 aromatic rings. The van der Waals surface area contributed by atoms with Gasteiger partial charge in [0.05, 0.1) is 0 Å². The molecule has 1 saturated carbocycles.